The average Bonchev–Trinajstić information content (AvgIpc) is 2.37. The molecule has 1 aliphatic rings. The first-order chi connectivity index (χ1) is 8.95. The van der Waals surface area contributed by atoms with Crippen molar-refractivity contribution in [2.75, 3.05) is 32.0 Å². The van der Waals surface area contributed by atoms with E-state index < -0.39 is 11.9 Å². The van der Waals surface area contributed by atoms with Gasteiger partial charge < -0.3 is 10.2 Å². The van der Waals surface area contributed by atoms with Gasteiger partial charge in [0.2, 0.25) is 0 Å². The number of halogens is 3. The molecular formula is C13H18F3N3. The lowest BCUT2D eigenvalue weighted by atomic mass is 9.97. The SMILES string of the molecule is CN1CCC(CNc2ccc(C(F)(F)F)nc2)CC1. The first-order valence-electron chi connectivity index (χ1n) is 6.41. The molecule has 6 heteroatoms. The molecule has 3 nitrogen and oxygen atoms in total. The lowest BCUT2D eigenvalue weighted by molar-refractivity contribution is -0.141. The van der Waals surface area contributed by atoms with Crippen LogP contribution in [0.5, 0.6) is 0 Å². The maximum absolute atomic E-state index is 12.3. The zero-order chi connectivity index (χ0) is 13.9. The second-order valence-corrected chi connectivity index (χ2v) is 5.06. The molecule has 106 valence electrons. The number of hydrogen-bond donors (Lipinski definition) is 1. The zero-order valence-electron chi connectivity index (χ0n) is 10.9. The summed E-state index contributed by atoms with van der Waals surface area (Å²) in [7, 11) is 2.10. The van der Waals surface area contributed by atoms with Crippen LogP contribution in [-0.4, -0.2) is 36.6 Å². The number of pyridine rings is 1. The molecule has 0 saturated carbocycles. The van der Waals surface area contributed by atoms with Gasteiger partial charge in [0.1, 0.15) is 5.69 Å². The Labute approximate surface area is 110 Å². The van der Waals surface area contributed by atoms with E-state index in [1.54, 1.807) is 0 Å². The van der Waals surface area contributed by atoms with Gasteiger partial charge in [0.05, 0.1) is 11.9 Å². The van der Waals surface area contributed by atoms with Crippen LogP contribution >= 0.6 is 0 Å². The van der Waals surface area contributed by atoms with E-state index in [4.69, 9.17) is 0 Å². The van der Waals surface area contributed by atoms with Gasteiger partial charge in [-0.3, -0.25) is 0 Å². The Morgan fingerprint density at radius 3 is 2.53 bits per heavy atom. The number of aromatic nitrogens is 1. The van der Waals surface area contributed by atoms with Gasteiger partial charge in [-0.1, -0.05) is 0 Å². The monoisotopic (exact) mass is 273 g/mol. The Morgan fingerprint density at radius 2 is 2.00 bits per heavy atom. The van der Waals surface area contributed by atoms with Crippen molar-refractivity contribution in [3.8, 4) is 0 Å². The zero-order valence-corrected chi connectivity index (χ0v) is 10.9. The van der Waals surface area contributed by atoms with Crippen molar-refractivity contribution in [3.05, 3.63) is 24.0 Å². The van der Waals surface area contributed by atoms with Gasteiger partial charge in [-0.25, -0.2) is 4.98 Å². The van der Waals surface area contributed by atoms with E-state index in [0.29, 0.717) is 11.6 Å². The fourth-order valence-electron chi connectivity index (χ4n) is 2.19. The first kappa shape index (κ1) is 14.1. The van der Waals surface area contributed by atoms with E-state index in [1.807, 2.05) is 0 Å². The lowest BCUT2D eigenvalue weighted by Gasteiger charge is -2.29. The van der Waals surface area contributed by atoms with Crippen molar-refractivity contribution in [2.45, 2.75) is 19.0 Å². The third kappa shape index (κ3) is 4.09. The van der Waals surface area contributed by atoms with Crippen LogP contribution in [0.3, 0.4) is 0 Å². The van der Waals surface area contributed by atoms with E-state index in [2.05, 4.69) is 22.2 Å². The third-order valence-electron chi connectivity index (χ3n) is 3.49. The van der Waals surface area contributed by atoms with E-state index in [1.165, 1.54) is 12.3 Å². The van der Waals surface area contributed by atoms with Crippen molar-refractivity contribution < 1.29 is 13.2 Å². The average molecular weight is 273 g/mol. The highest BCUT2D eigenvalue weighted by atomic mass is 19.4. The minimum absolute atomic E-state index is 0.582. The molecular weight excluding hydrogens is 255 g/mol. The Balaban J connectivity index is 1.83. The summed E-state index contributed by atoms with van der Waals surface area (Å²) in [6.07, 6.45) is -0.876. The maximum Gasteiger partial charge on any atom is 0.433 e. The second-order valence-electron chi connectivity index (χ2n) is 5.06. The van der Waals surface area contributed by atoms with Crippen LogP contribution in [-0.2, 0) is 6.18 Å². The summed E-state index contributed by atoms with van der Waals surface area (Å²) in [5.74, 6) is 0.582. The van der Waals surface area contributed by atoms with Crippen molar-refractivity contribution in [2.24, 2.45) is 5.92 Å². The molecule has 1 aromatic rings. The Kier molecular flexibility index (Phi) is 4.29. The van der Waals surface area contributed by atoms with Crippen molar-refractivity contribution in [1.82, 2.24) is 9.88 Å². The number of likely N-dealkylation sites (tertiary alicyclic amines) is 1. The molecule has 0 spiro atoms. The molecule has 2 rings (SSSR count). The van der Waals surface area contributed by atoms with Gasteiger partial charge in [0.15, 0.2) is 0 Å². The molecule has 0 atom stereocenters. The van der Waals surface area contributed by atoms with Crippen molar-refractivity contribution in [3.63, 3.8) is 0 Å². The van der Waals surface area contributed by atoms with Crippen LogP contribution < -0.4 is 5.32 Å². The lowest BCUT2D eigenvalue weighted by Crippen LogP contribution is -2.32. The molecule has 1 saturated heterocycles. The van der Waals surface area contributed by atoms with Crippen LogP contribution in [0.1, 0.15) is 18.5 Å². The molecule has 1 fully saturated rings. The molecule has 19 heavy (non-hydrogen) atoms. The number of alkyl halides is 3. The summed E-state index contributed by atoms with van der Waals surface area (Å²) in [4.78, 5) is 5.72. The summed E-state index contributed by atoms with van der Waals surface area (Å²) in [6.45, 7) is 2.95. The fourth-order valence-corrected chi connectivity index (χ4v) is 2.19. The number of anilines is 1. The molecule has 0 aromatic carbocycles. The summed E-state index contributed by atoms with van der Waals surface area (Å²) in [5, 5.41) is 3.16. The Morgan fingerprint density at radius 1 is 1.32 bits per heavy atom. The molecule has 1 aliphatic heterocycles. The van der Waals surface area contributed by atoms with Crippen LogP contribution in [0.25, 0.3) is 0 Å². The predicted molar refractivity (Wildman–Crippen MR) is 67.9 cm³/mol. The smallest absolute Gasteiger partial charge is 0.384 e. The highest BCUT2D eigenvalue weighted by molar-refractivity contribution is 5.41. The molecule has 0 bridgehead atoms. The number of nitrogens with zero attached hydrogens (tertiary/aromatic N) is 2. The van der Waals surface area contributed by atoms with Gasteiger partial charge in [0, 0.05) is 6.54 Å². The van der Waals surface area contributed by atoms with E-state index in [-0.39, 0.29) is 0 Å². The minimum Gasteiger partial charge on any atom is -0.384 e. The Hall–Kier alpha value is -1.30. The summed E-state index contributed by atoms with van der Waals surface area (Å²) < 4.78 is 37.0. The van der Waals surface area contributed by atoms with Gasteiger partial charge in [-0.05, 0) is 51.0 Å². The van der Waals surface area contributed by atoms with Crippen molar-refractivity contribution in [1.29, 1.82) is 0 Å². The molecule has 2 heterocycles. The molecule has 1 N–H and O–H groups in total. The van der Waals surface area contributed by atoms with E-state index in [9.17, 15) is 13.2 Å². The minimum atomic E-state index is -4.37. The number of piperidine rings is 1. The van der Waals surface area contributed by atoms with Crippen LogP contribution in [0.15, 0.2) is 18.3 Å². The van der Waals surface area contributed by atoms with Gasteiger partial charge >= 0.3 is 6.18 Å². The van der Waals surface area contributed by atoms with Gasteiger partial charge in [-0.2, -0.15) is 13.2 Å². The maximum atomic E-state index is 12.3. The molecule has 0 radical (unpaired) electrons. The number of rotatable bonds is 3. The van der Waals surface area contributed by atoms with Crippen molar-refractivity contribution >= 4 is 5.69 Å². The normalized spacial score (nSPS) is 18.5. The molecule has 0 amide bonds. The quantitative estimate of drug-likeness (QED) is 0.918. The second kappa shape index (κ2) is 5.77. The predicted octanol–water partition coefficient (Wildman–Crippen LogP) is 2.85. The topological polar surface area (TPSA) is 28.2 Å². The van der Waals surface area contributed by atoms with Gasteiger partial charge in [-0.15, -0.1) is 0 Å². The Bertz CT molecular complexity index is 395. The fraction of sp³-hybridized carbons (Fsp3) is 0.615. The third-order valence-corrected chi connectivity index (χ3v) is 3.49. The molecule has 0 aliphatic carbocycles. The first-order valence-corrected chi connectivity index (χ1v) is 6.41. The summed E-state index contributed by atoms with van der Waals surface area (Å²) in [6, 6.07) is 2.45. The van der Waals surface area contributed by atoms with Gasteiger partial charge in [0.25, 0.3) is 0 Å². The standard InChI is InChI=1S/C13H18F3N3/c1-19-6-4-10(5-7-19)8-17-11-2-3-12(18-9-11)13(14,15)16/h2-3,9-10,17H,4-8H2,1H3. The number of nitrogens with one attached hydrogen (secondary N) is 1. The van der Waals surface area contributed by atoms with E-state index in [0.717, 1.165) is 38.5 Å². The van der Waals surface area contributed by atoms with Crippen LogP contribution in [0.2, 0.25) is 0 Å². The molecule has 0 unspecified atom stereocenters. The largest absolute Gasteiger partial charge is 0.433 e. The highest BCUT2D eigenvalue weighted by Gasteiger charge is 2.32. The summed E-state index contributed by atoms with van der Waals surface area (Å²) >= 11 is 0. The van der Waals surface area contributed by atoms with Crippen LogP contribution in [0.4, 0.5) is 18.9 Å². The summed E-state index contributed by atoms with van der Waals surface area (Å²) in [5.41, 5.74) is -0.204. The molecule has 1 aromatic heterocycles. The van der Waals surface area contributed by atoms with E-state index >= 15 is 0 Å². The van der Waals surface area contributed by atoms with Crippen LogP contribution in [0, 0.1) is 5.92 Å². The highest BCUT2D eigenvalue weighted by Crippen LogP contribution is 2.27. The number of hydrogen-bond acceptors (Lipinski definition) is 3.